The van der Waals surface area contributed by atoms with Crippen LogP contribution in [0.1, 0.15) is 58.8 Å². The van der Waals surface area contributed by atoms with Crippen molar-refractivity contribution >= 4 is 0 Å². The summed E-state index contributed by atoms with van der Waals surface area (Å²) in [4.78, 5) is 2.80. The van der Waals surface area contributed by atoms with Crippen molar-refractivity contribution in [1.82, 2.24) is 10.2 Å². The zero-order chi connectivity index (χ0) is 13.2. The Bertz CT molecular complexity index is 287. The maximum atomic E-state index is 3.71. The zero-order valence-corrected chi connectivity index (χ0v) is 12.9. The Morgan fingerprint density at radius 1 is 1.00 bits per heavy atom. The van der Waals surface area contributed by atoms with Crippen LogP contribution in [0.2, 0.25) is 0 Å². The van der Waals surface area contributed by atoms with Crippen molar-refractivity contribution in [1.29, 1.82) is 0 Å². The Hall–Kier alpha value is -0.0800. The van der Waals surface area contributed by atoms with Crippen LogP contribution in [0.4, 0.5) is 0 Å². The van der Waals surface area contributed by atoms with Gasteiger partial charge in [0.05, 0.1) is 0 Å². The van der Waals surface area contributed by atoms with E-state index >= 15 is 0 Å². The van der Waals surface area contributed by atoms with Crippen molar-refractivity contribution in [2.24, 2.45) is 17.8 Å². The molecule has 2 nitrogen and oxygen atoms in total. The average Bonchev–Trinajstić information content (AvgIpc) is 3.27. The van der Waals surface area contributed by atoms with Gasteiger partial charge in [-0.2, -0.15) is 0 Å². The van der Waals surface area contributed by atoms with E-state index in [9.17, 15) is 0 Å². The molecule has 19 heavy (non-hydrogen) atoms. The summed E-state index contributed by atoms with van der Waals surface area (Å²) >= 11 is 0. The first-order valence-electron chi connectivity index (χ1n) is 8.71. The quantitative estimate of drug-likeness (QED) is 0.820. The number of hydrogen-bond acceptors (Lipinski definition) is 2. The van der Waals surface area contributed by atoms with E-state index in [0.717, 1.165) is 29.8 Å². The molecule has 0 bridgehead atoms. The largest absolute Gasteiger partial charge is 0.314 e. The first-order chi connectivity index (χ1) is 9.24. The van der Waals surface area contributed by atoms with Gasteiger partial charge in [-0.1, -0.05) is 26.2 Å². The van der Waals surface area contributed by atoms with E-state index < -0.39 is 0 Å². The summed E-state index contributed by atoms with van der Waals surface area (Å²) in [5.74, 6) is 2.88. The number of rotatable bonds is 5. The standard InChI is InChI=1S/C17H32N2/c1-13(11-18-17-7-8-17)14(2)19-10-9-15-5-3-4-6-16(15)12-19/h13-18H,3-12H2,1-2H3. The number of piperidine rings is 1. The molecule has 110 valence electrons. The number of nitrogens with one attached hydrogen (secondary N) is 1. The van der Waals surface area contributed by atoms with Gasteiger partial charge in [-0.05, 0) is 63.5 Å². The lowest BCUT2D eigenvalue weighted by Gasteiger charge is -2.45. The second-order valence-electron chi connectivity index (χ2n) is 7.49. The fourth-order valence-electron chi connectivity index (χ4n) is 4.17. The fourth-order valence-corrected chi connectivity index (χ4v) is 4.17. The lowest BCUT2D eigenvalue weighted by atomic mass is 9.74. The predicted molar refractivity (Wildman–Crippen MR) is 81.3 cm³/mol. The second-order valence-corrected chi connectivity index (χ2v) is 7.49. The monoisotopic (exact) mass is 264 g/mol. The molecule has 1 saturated heterocycles. The number of nitrogens with zero attached hydrogens (tertiary/aromatic N) is 1. The van der Waals surface area contributed by atoms with Gasteiger partial charge in [0.25, 0.3) is 0 Å². The summed E-state index contributed by atoms with van der Waals surface area (Å²) in [7, 11) is 0. The summed E-state index contributed by atoms with van der Waals surface area (Å²) in [5, 5.41) is 3.71. The second kappa shape index (κ2) is 6.13. The average molecular weight is 264 g/mol. The van der Waals surface area contributed by atoms with Crippen LogP contribution in [0.15, 0.2) is 0 Å². The van der Waals surface area contributed by atoms with Crippen LogP contribution in [-0.4, -0.2) is 36.6 Å². The van der Waals surface area contributed by atoms with Crippen LogP contribution in [0.25, 0.3) is 0 Å². The molecule has 4 unspecified atom stereocenters. The molecular formula is C17H32N2. The van der Waals surface area contributed by atoms with E-state index in [-0.39, 0.29) is 0 Å². The van der Waals surface area contributed by atoms with Crippen LogP contribution < -0.4 is 5.32 Å². The fraction of sp³-hybridized carbons (Fsp3) is 1.00. The maximum Gasteiger partial charge on any atom is 0.0105 e. The highest BCUT2D eigenvalue weighted by Gasteiger charge is 2.34. The number of fused-ring (bicyclic) bond motifs is 1. The third-order valence-corrected chi connectivity index (χ3v) is 6.03. The third kappa shape index (κ3) is 3.52. The van der Waals surface area contributed by atoms with Crippen molar-refractivity contribution in [3.63, 3.8) is 0 Å². The highest BCUT2D eigenvalue weighted by molar-refractivity contribution is 4.88. The van der Waals surface area contributed by atoms with Crippen molar-refractivity contribution in [2.45, 2.75) is 70.9 Å². The van der Waals surface area contributed by atoms with Crippen LogP contribution in [-0.2, 0) is 0 Å². The smallest absolute Gasteiger partial charge is 0.0105 e. The van der Waals surface area contributed by atoms with Gasteiger partial charge >= 0.3 is 0 Å². The molecule has 1 aliphatic heterocycles. The summed E-state index contributed by atoms with van der Waals surface area (Å²) < 4.78 is 0. The molecule has 3 fully saturated rings. The minimum atomic E-state index is 0.758. The summed E-state index contributed by atoms with van der Waals surface area (Å²) in [5.41, 5.74) is 0. The molecule has 0 radical (unpaired) electrons. The highest BCUT2D eigenvalue weighted by atomic mass is 15.2. The van der Waals surface area contributed by atoms with Crippen LogP contribution in [0, 0.1) is 17.8 Å². The first kappa shape index (κ1) is 13.9. The molecular weight excluding hydrogens is 232 g/mol. The summed E-state index contributed by atoms with van der Waals surface area (Å²) in [6.45, 7) is 8.86. The molecule has 2 aliphatic carbocycles. The van der Waals surface area contributed by atoms with E-state index in [4.69, 9.17) is 0 Å². The van der Waals surface area contributed by atoms with Crippen molar-refractivity contribution in [2.75, 3.05) is 19.6 Å². The molecule has 4 atom stereocenters. The van der Waals surface area contributed by atoms with Gasteiger partial charge in [-0.25, -0.2) is 0 Å². The van der Waals surface area contributed by atoms with Crippen molar-refractivity contribution in [3.05, 3.63) is 0 Å². The predicted octanol–water partition coefficient (Wildman–Crippen LogP) is 3.28. The Balaban J connectivity index is 1.47. The highest BCUT2D eigenvalue weighted by Crippen LogP contribution is 2.37. The SMILES string of the molecule is CC(CNC1CC1)C(C)N1CCC2CCCCC2C1. The minimum Gasteiger partial charge on any atom is -0.314 e. The molecule has 0 aromatic rings. The van der Waals surface area contributed by atoms with E-state index in [2.05, 4.69) is 24.1 Å². The minimum absolute atomic E-state index is 0.758. The van der Waals surface area contributed by atoms with Gasteiger partial charge in [0.15, 0.2) is 0 Å². The van der Waals surface area contributed by atoms with Crippen LogP contribution in [0.3, 0.4) is 0 Å². The molecule has 1 N–H and O–H groups in total. The van der Waals surface area contributed by atoms with E-state index in [1.54, 1.807) is 0 Å². The van der Waals surface area contributed by atoms with Crippen molar-refractivity contribution in [3.8, 4) is 0 Å². The van der Waals surface area contributed by atoms with Crippen LogP contribution >= 0.6 is 0 Å². The van der Waals surface area contributed by atoms with Gasteiger partial charge in [0, 0.05) is 18.6 Å². The normalized spacial score (nSPS) is 35.7. The Kier molecular flexibility index (Phi) is 4.48. The van der Waals surface area contributed by atoms with Crippen LogP contribution in [0.5, 0.6) is 0 Å². The van der Waals surface area contributed by atoms with Gasteiger partial charge in [0.1, 0.15) is 0 Å². The lowest BCUT2D eigenvalue weighted by molar-refractivity contribution is 0.0451. The Morgan fingerprint density at radius 2 is 1.74 bits per heavy atom. The molecule has 0 aromatic heterocycles. The Morgan fingerprint density at radius 3 is 2.47 bits per heavy atom. The van der Waals surface area contributed by atoms with E-state index in [1.165, 1.54) is 64.6 Å². The molecule has 3 aliphatic rings. The first-order valence-corrected chi connectivity index (χ1v) is 8.71. The van der Waals surface area contributed by atoms with E-state index in [0.29, 0.717) is 0 Å². The number of likely N-dealkylation sites (tertiary alicyclic amines) is 1. The molecule has 0 spiro atoms. The van der Waals surface area contributed by atoms with Gasteiger partial charge in [-0.3, -0.25) is 0 Å². The van der Waals surface area contributed by atoms with E-state index in [1.807, 2.05) is 0 Å². The third-order valence-electron chi connectivity index (χ3n) is 6.03. The maximum absolute atomic E-state index is 3.71. The molecule has 2 saturated carbocycles. The van der Waals surface area contributed by atoms with Crippen molar-refractivity contribution < 1.29 is 0 Å². The summed E-state index contributed by atoms with van der Waals surface area (Å²) in [6, 6.07) is 1.62. The summed E-state index contributed by atoms with van der Waals surface area (Å²) in [6.07, 6.45) is 10.3. The molecule has 2 heteroatoms. The van der Waals surface area contributed by atoms with Gasteiger partial charge in [0.2, 0.25) is 0 Å². The molecule has 1 heterocycles. The number of hydrogen-bond donors (Lipinski definition) is 1. The zero-order valence-electron chi connectivity index (χ0n) is 12.9. The molecule has 3 rings (SSSR count). The lowest BCUT2D eigenvalue weighted by Crippen LogP contribution is -2.49. The van der Waals surface area contributed by atoms with Gasteiger partial charge < -0.3 is 10.2 Å². The molecule has 0 amide bonds. The molecule has 0 aromatic carbocycles. The van der Waals surface area contributed by atoms with Gasteiger partial charge in [-0.15, -0.1) is 0 Å². The Labute approximate surface area is 119 Å². The topological polar surface area (TPSA) is 15.3 Å².